The van der Waals surface area contributed by atoms with Crippen molar-refractivity contribution in [3.8, 4) is 0 Å². The van der Waals surface area contributed by atoms with E-state index in [1.54, 1.807) is 0 Å². The fourth-order valence-corrected chi connectivity index (χ4v) is 8.59. The number of halogens is 8. The van der Waals surface area contributed by atoms with Gasteiger partial charge >= 0.3 is 12.4 Å². The van der Waals surface area contributed by atoms with E-state index in [9.17, 15) is 26.3 Å². The van der Waals surface area contributed by atoms with Gasteiger partial charge in [-0.2, -0.15) is 26.3 Å². The topological polar surface area (TPSA) is 0 Å². The molecular formula is C12H12Br2F6. The Morgan fingerprint density at radius 1 is 0.550 bits per heavy atom. The third kappa shape index (κ3) is 1.92. The summed E-state index contributed by atoms with van der Waals surface area (Å²) in [4.78, 5) is 0. The van der Waals surface area contributed by atoms with Gasteiger partial charge in [0.1, 0.15) is 0 Å². The lowest BCUT2D eigenvalue weighted by molar-refractivity contribution is -0.328. The van der Waals surface area contributed by atoms with Crippen LogP contribution < -0.4 is 0 Å². The van der Waals surface area contributed by atoms with E-state index < -0.39 is 38.3 Å². The summed E-state index contributed by atoms with van der Waals surface area (Å²) in [6.45, 7) is 0. The molecule has 0 aliphatic heterocycles. The van der Waals surface area contributed by atoms with E-state index in [-0.39, 0.29) is 25.7 Å². The largest absolute Gasteiger partial charge is 0.394 e. The number of alkyl halides is 8. The standard InChI is InChI=1S/C12H12Br2F6/c13-9-2-7(11(15,16)17)1-8(4-9,12(18,19)20)5-10(14,3-7)6-9/h1-6H2. The highest BCUT2D eigenvalue weighted by Gasteiger charge is 2.78. The summed E-state index contributed by atoms with van der Waals surface area (Å²) < 4.78 is 78.8. The molecule has 4 bridgehead atoms. The molecule has 0 amide bonds. The molecule has 4 rings (SSSR count). The Kier molecular flexibility index (Phi) is 2.86. The Hall–Kier alpha value is 0.540. The second-order valence-electron chi connectivity index (χ2n) is 6.92. The molecule has 116 valence electrons. The maximum absolute atomic E-state index is 13.5. The van der Waals surface area contributed by atoms with E-state index in [0.717, 1.165) is 0 Å². The number of hydrogen-bond donors (Lipinski definition) is 0. The van der Waals surface area contributed by atoms with Gasteiger partial charge in [0.05, 0.1) is 10.8 Å². The summed E-state index contributed by atoms with van der Waals surface area (Å²) in [5, 5.41) is 0. The van der Waals surface area contributed by atoms with Crippen LogP contribution in [0.5, 0.6) is 0 Å². The van der Waals surface area contributed by atoms with Crippen LogP contribution in [0, 0.1) is 10.8 Å². The van der Waals surface area contributed by atoms with Crippen LogP contribution in [-0.2, 0) is 0 Å². The molecule has 4 fully saturated rings. The minimum absolute atomic E-state index is 0.255. The molecule has 0 nitrogen and oxygen atoms in total. The Balaban J connectivity index is 2.16. The van der Waals surface area contributed by atoms with Crippen molar-refractivity contribution in [3.05, 3.63) is 0 Å². The molecule has 0 atom stereocenters. The maximum atomic E-state index is 13.5. The van der Waals surface area contributed by atoms with E-state index in [0.29, 0.717) is 6.42 Å². The summed E-state index contributed by atoms with van der Waals surface area (Å²) in [7, 11) is 0. The van der Waals surface area contributed by atoms with Crippen molar-refractivity contribution < 1.29 is 26.3 Å². The SMILES string of the molecule is FC(F)(F)C12CC3(Br)CC(Br)(C1)CC(C(F)(F)F)(C3)C2. The quantitative estimate of drug-likeness (QED) is 0.340. The molecule has 20 heavy (non-hydrogen) atoms. The molecule has 4 saturated carbocycles. The summed E-state index contributed by atoms with van der Waals surface area (Å²) in [5.41, 5.74) is -4.46. The van der Waals surface area contributed by atoms with Crippen LogP contribution in [-0.4, -0.2) is 21.0 Å². The lowest BCUT2D eigenvalue weighted by Gasteiger charge is -2.67. The third-order valence-electron chi connectivity index (χ3n) is 5.13. The Labute approximate surface area is 128 Å². The first-order chi connectivity index (χ1) is 8.74. The molecule has 4 aliphatic carbocycles. The molecule has 0 aromatic heterocycles. The Morgan fingerprint density at radius 2 is 0.850 bits per heavy atom. The molecule has 0 N–H and O–H groups in total. The van der Waals surface area contributed by atoms with Crippen LogP contribution in [0.2, 0.25) is 0 Å². The molecule has 0 radical (unpaired) electrons. The molecule has 0 spiro atoms. The molecule has 0 aromatic rings. The van der Waals surface area contributed by atoms with E-state index in [1.165, 1.54) is 0 Å². The van der Waals surface area contributed by atoms with Gasteiger partial charge in [0.25, 0.3) is 0 Å². The Morgan fingerprint density at radius 3 is 1.10 bits per heavy atom. The van der Waals surface area contributed by atoms with Crippen molar-refractivity contribution in [2.24, 2.45) is 10.8 Å². The van der Waals surface area contributed by atoms with Crippen molar-refractivity contribution in [1.29, 1.82) is 0 Å². The molecule has 0 aromatic carbocycles. The van der Waals surface area contributed by atoms with Gasteiger partial charge in [0.2, 0.25) is 0 Å². The van der Waals surface area contributed by atoms with Crippen LogP contribution in [0.4, 0.5) is 26.3 Å². The molecule has 8 heteroatoms. The average Bonchev–Trinajstić information content (AvgIpc) is 2.06. The minimum Gasteiger partial charge on any atom is -0.171 e. The van der Waals surface area contributed by atoms with Crippen LogP contribution in [0.1, 0.15) is 38.5 Å². The minimum atomic E-state index is -4.61. The third-order valence-corrected chi connectivity index (χ3v) is 6.82. The predicted octanol–water partition coefficient (Wildman–Crippen LogP) is 5.73. The highest BCUT2D eigenvalue weighted by Crippen LogP contribution is 2.77. The van der Waals surface area contributed by atoms with Crippen LogP contribution in [0.15, 0.2) is 0 Å². The zero-order chi connectivity index (χ0) is 15.2. The first-order valence-corrected chi connectivity index (χ1v) is 7.84. The number of hydrogen-bond acceptors (Lipinski definition) is 0. The molecule has 0 saturated heterocycles. The van der Waals surface area contributed by atoms with Gasteiger partial charge in [0.15, 0.2) is 0 Å². The average molecular weight is 430 g/mol. The van der Waals surface area contributed by atoms with Crippen molar-refractivity contribution >= 4 is 31.9 Å². The maximum Gasteiger partial charge on any atom is 0.394 e. The van der Waals surface area contributed by atoms with Gasteiger partial charge in [-0.25, -0.2) is 0 Å². The van der Waals surface area contributed by atoms with E-state index in [4.69, 9.17) is 0 Å². The highest BCUT2D eigenvalue weighted by molar-refractivity contribution is 9.10. The van der Waals surface area contributed by atoms with E-state index >= 15 is 0 Å². The second kappa shape index (κ2) is 3.71. The van der Waals surface area contributed by atoms with Crippen molar-refractivity contribution in [3.63, 3.8) is 0 Å². The molecule has 4 aliphatic rings. The highest BCUT2D eigenvalue weighted by atomic mass is 79.9. The van der Waals surface area contributed by atoms with Crippen LogP contribution in [0.3, 0.4) is 0 Å². The monoisotopic (exact) mass is 428 g/mol. The predicted molar refractivity (Wildman–Crippen MR) is 68.0 cm³/mol. The van der Waals surface area contributed by atoms with Gasteiger partial charge in [-0.05, 0) is 38.5 Å². The fourth-order valence-electron chi connectivity index (χ4n) is 4.99. The van der Waals surface area contributed by atoms with Gasteiger partial charge < -0.3 is 0 Å². The first-order valence-electron chi connectivity index (χ1n) is 6.25. The smallest absolute Gasteiger partial charge is 0.171 e. The molecular weight excluding hydrogens is 418 g/mol. The van der Waals surface area contributed by atoms with Crippen molar-refractivity contribution in [2.45, 2.75) is 59.5 Å². The van der Waals surface area contributed by atoms with Gasteiger partial charge in [-0.15, -0.1) is 0 Å². The summed E-state index contributed by atoms with van der Waals surface area (Å²) in [6, 6.07) is 0. The van der Waals surface area contributed by atoms with Crippen molar-refractivity contribution in [1.82, 2.24) is 0 Å². The van der Waals surface area contributed by atoms with Crippen molar-refractivity contribution in [2.75, 3.05) is 0 Å². The second-order valence-corrected chi connectivity index (χ2v) is 10.3. The lowest BCUT2D eigenvalue weighted by atomic mass is 9.43. The zero-order valence-corrected chi connectivity index (χ0v) is 13.4. The zero-order valence-electron chi connectivity index (χ0n) is 10.3. The fraction of sp³-hybridized carbons (Fsp3) is 1.00. The lowest BCUT2D eigenvalue weighted by Crippen LogP contribution is -2.69. The summed E-state index contributed by atoms with van der Waals surface area (Å²) >= 11 is 6.44. The van der Waals surface area contributed by atoms with Gasteiger partial charge in [-0.1, -0.05) is 31.9 Å². The number of rotatable bonds is 0. The van der Waals surface area contributed by atoms with E-state index in [1.807, 2.05) is 0 Å². The summed E-state index contributed by atoms with van der Waals surface area (Å²) in [6.07, 6.45) is -10.7. The van der Waals surface area contributed by atoms with Crippen LogP contribution in [0.25, 0.3) is 0 Å². The van der Waals surface area contributed by atoms with E-state index in [2.05, 4.69) is 31.9 Å². The van der Waals surface area contributed by atoms with Gasteiger partial charge in [-0.3, -0.25) is 0 Å². The normalized spacial score (nSPS) is 51.6. The van der Waals surface area contributed by atoms with Gasteiger partial charge in [0, 0.05) is 8.65 Å². The molecule has 0 heterocycles. The van der Waals surface area contributed by atoms with Crippen LogP contribution >= 0.6 is 31.9 Å². The molecule has 0 unspecified atom stereocenters. The summed E-state index contributed by atoms with van der Waals surface area (Å²) in [5.74, 6) is 0. The first kappa shape index (κ1) is 15.4. The Bertz CT molecular complexity index is 400.